The molecule has 1 aromatic heterocycles. The molecule has 1 fully saturated rings. The molecule has 1 N–H and O–H groups in total. The van der Waals surface area contributed by atoms with E-state index >= 15 is 0 Å². The Labute approximate surface area is 128 Å². The fraction of sp³-hybridized carbons (Fsp3) is 0.722. The van der Waals surface area contributed by atoms with Crippen LogP contribution in [0.2, 0.25) is 0 Å². The predicted molar refractivity (Wildman–Crippen MR) is 86.0 cm³/mol. The second kappa shape index (κ2) is 5.96. The summed E-state index contributed by atoms with van der Waals surface area (Å²) in [5, 5.41) is 0. The van der Waals surface area contributed by atoms with E-state index in [0.29, 0.717) is 5.41 Å². The Bertz CT molecular complexity index is 510. The number of hydrogen-bond donors (Lipinski definition) is 1. The van der Waals surface area contributed by atoms with Gasteiger partial charge in [-0.15, -0.1) is 0 Å². The summed E-state index contributed by atoms with van der Waals surface area (Å²) in [6, 6.07) is 0. The van der Waals surface area contributed by atoms with E-state index in [9.17, 15) is 4.79 Å². The van der Waals surface area contributed by atoms with E-state index in [1.54, 1.807) is 0 Å². The molecule has 2 aliphatic rings. The van der Waals surface area contributed by atoms with Crippen LogP contribution in [0.5, 0.6) is 0 Å². The molecule has 2 heterocycles. The lowest BCUT2D eigenvalue weighted by molar-refractivity contribution is 0.111. The van der Waals surface area contributed by atoms with Gasteiger partial charge in [0.1, 0.15) is 0 Å². The van der Waals surface area contributed by atoms with E-state index in [-0.39, 0.29) is 0 Å². The van der Waals surface area contributed by atoms with Gasteiger partial charge in [-0.1, -0.05) is 13.8 Å². The van der Waals surface area contributed by atoms with Crippen molar-refractivity contribution in [2.24, 2.45) is 5.41 Å². The van der Waals surface area contributed by atoms with Gasteiger partial charge in [-0.2, -0.15) is 0 Å². The molecule has 3 nitrogen and oxygen atoms in total. The molecule has 0 unspecified atom stereocenters. The van der Waals surface area contributed by atoms with Crippen molar-refractivity contribution in [2.75, 3.05) is 19.6 Å². The highest BCUT2D eigenvalue weighted by Gasteiger charge is 2.29. The fourth-order valence-corrected chi connectivity index (χ4v) is 4.01. The first-order valence-corrected chi connectivity index (χ1v) is 8.49. The number of aromatic amines is 1. The molecule has 1 aliphatic carbocycles. The van der Waals surface area contributed by atoms with E-state index in [1.807, 2.05) is 0 Å². The zero-order valence-electron chi connectivity index (χ0n) is 13.5. The summed E-state index contributed by atoms with van der Waals surface area (Å²) < 4.78 is 0. The summed E-state index contributed by atoms with van der Waals surface area (Å²) in [5.41, 5.74) is 5.31. The van der Waals surface area contributed by atoms with Gasteiger partial charge in [-0.25, -0.2) is 0 Å². The summed E-state index contributed by atoms with van der Waals surface area (Å²) in [4.78, 5) is 17.3. The van der Waals surface area contributed by atoms with Crippen LogP contribution in [0.4, 0.5) is 0 Å². The van der Waals surface area contributed by atoms with Crippen molar-refractivity contribution in [3.05, 3.63) is 22.5 Å². The SMILES string of the molecule is CC1(C)CCc2c([nH]c(C=O)c2CCCN2CCCC2)C1. The fourth-order valence-electron chi connectivity index (χ4n) is 4.01. The number of fused-ring (bicyclic) bond motifs is 1. The zero-order chi connectivity index (χ0) is 14.9. The van der Waals surface area contributed by atoms with Gasteiger partial charge in [0.05, 0.1) is 5.69 Å². The molecule has 116 valence electrons. The Morgan fingerprint density at radius 1 is 1.29 bits per heavy atom. The van der Waals surface area contributed by atoms with Crippen LogP contribution in [-0.4, -0.2) is 35.8 Å². The third-order valence-corrected chi connectivity index (χ3v) is 5.26. The molecule has 0 bridgehead atoms. The molecule has 0 aromatic carbocycles. The van der Waals surface area contributed by atoms with Crippen molar-refractivity contribution in [1.82, 2.24) is 9.88 Å². The van der Waals surface area contributed by atoms with Crippen LogP contribution < -0.4 is 0 Å². The molecule has 21 heavy (non-hydrogen) atoms. The third kappa shape index (κ3) is 3.23. The van der Waals surface area contributed by atoms with Gasteiger partial charge in [0.2, 0.25) is 0 Å². The Balaban J connectivity index is 1.69. The number of nitrogens with zero attached hydrogens (tertiary/aromatic N) is 1. The lowest BCUT2D eigenvalue weighted by Crippen LogP contribution is -2.22. The quantitative estimate of drug-likeness (QED) is 0.843. The maximum absolute atomic E-state index is 11.4. The maximum Gasteiger partial charge on any atom is 0.166 e. The van der Waals surface area contributed by atoms with Gasteiger partial charge in [0.25, 0.3) is 0 Å². The van der Waals surface area contributed by atoms with Crippen LogP contribution in [0.1, 0.15) is 66.8 Å². The van der Waals surface area contributed by atoms with Crippen molar-refractivity contribution in [3.63, 3.8) is 0 Å². The standard InChI is InChI=1S/C18H28N2O/c1-18(2)8-7-15-14(17(13-21)19-16(15)12-18)6-5-11-20-9-3-4-10-20/h13,19H,3-12H2,1-2H3. The minimum absolute atomic E-state index is 0.366. The van der Waals surface area contributed by atoms with Gasteiger partial charge in [0.15, 0.2) is 6.29 Å². The molecule has 1 aliphatic heterocycles. The number of aromatic nitrogens is 1. The van der Waals surface area contributed by atoms with E-state index in [1.165, 1.54) is 62.1 Å². The molecule has 3 heteroatoms. The van der Waals surface area contributed by atoms with Crippen molar-refractivity contribution < 1.29 is 4.79 Å². The summed E-state index contributed by atoms with van der Waals surface area (Å²) >= 11 is 0. The lowest BCUT2D eigenvalue weighted by atomic mass is 9.76. The average Bonchev–Trinajstić information content (AvgIpc) is 3.05. The van der Waals surface area contributed by atoms with Crippen LogP contribution in [-0.2, 0) is 19.3 Å². The molecule has 1 saturated heterocycles. The van der Waals surface area contributed by atoms with Crippen molar-refractivity contribution in [1.29, 1.82) is 0 Å². The Kier molecular flexibility index (Phi) is 4.21. The number of carbonyl (C=O) groups excluding carboxylic acids is 1. The second-order valence-corrected chi connectivity index (χ2v) is 7.59. The van der Waals surface area contributed by atoms with Crippen LogP contribution in [0.25, 0.3) is 0 Å². The molecule has 0 amide bonds. The van der Waals surface area contributed by atoms with Crippen LogP contribution >= 0.6 is 0 Å². The first kappa shape index (κ1) is 14.8. The molecule has 1 aromatic rings. The highest BCUT2D eigenvalue weighted by atomic mass is 16.1. The number of aldehydes is 1. The summed E-state index contributed by atoms with van der Waals surface area (Å²) in [6.45, 7) is 8.36. The van der Waals surface area contributed by atoms with Crippen molar-refractivity contribution in [3.8, 4) is 0 Å². The molecule has 3 rings (SSSR count). The monoisotopic (exact) mass is 288 g/mol. The smallest absolute Gasteiger partial charge is 0.166 e. The Hall–Kier alpha value is -1.09. The van der Waals surface area contributed by atoms with Crippen LogP contribution in [0, 0.1) is 5.41 Å². The van der Waals surface area contributed by atoms with E-state index in [0.717, 1.165) is 31.2 Å². The largest absolute Gasteiger partial charge is 0.356 e. The Morgan fingerprint density at radius 3 is 2.76 bits per heavy atom. The zero-order valence-corrected chi connectivity index (χ0v) is 13.5. The average molecular weight is 288 g/mol. The van der Waals surface area contributed by atoms with Gasteiger partial charge >= 0.3 is 0 Å². The number of nitrogens with one attached hydrogen (secondary N) is 1. The molecule has 0 saturated carbocycles. The first-order chi connectivity index (χ1) is 10.1. The number of hydrogen-bond acceptors (Lipinski definition) is 2. The normalized spacial score (nSPS) is 21.4. The van der Waals surface area contributed by atoms with Crippen LogP contribution in [0.3, 0.4) is 0 Å². The van der Waals surface area contributed by atoms with E-state index in [4.69, 9.17) is 0 Å². The number of rotatable bonds is 5. The highest BCUT2D eigenvalue weighted by molar-refractivity contribution is 5.76. The van der Waals surface area contributed by atoms with Gasteiger partial charge in [0, 0.05) is 5.69 Å². The van der Waals surface area contributed by atoms with Gasteiger partial charge in [-0.3, -0.25) is 4.79 Å². The van der Waals surface area contributed by atoms with E-state index in [2.05, 4.69) is 23.7 Å². The molecular weight excluding hydrogens is 260 g/mol. The summed E-state index contributed by atoms with van der Waals surface area (Å²) in [6.07, 6.45) is 9.40. The minimum atomic E-state index is 0.366. The number of H-pyrrole nitrogens is 1. The van der Waals surface area contributed by atoms with Crippen LogP contribution in [0.15, 0.2) is 0 Å². The second-order valence-electron chi connectivity index (χ2n) is 7.59. The summed E-state index contributed by atoms with van der Waals surface area (Å²) in [7, 11) is 0. The molecule has 0 spiro atoms. The topological polar surface area (TPSA) is 36.1 Å². The predicted octanol–water partition coefficient (Wildman–Crippen LogP) is 3.37. The number of likely N-dealkylation sites (tertiary alicyclic amines) is 1. The summed E-state index contributed by atoms with van der Waals surface area (Å²) in [5.74, 6) is 0. The third-order valence-electron chi connectivity index (χ3n) is 5.26. The van der Waals surface area contributed by atoms with Gasteiger partial charge < -0.3 is 9.88 Å². The van der Waals surface area contributed by atoms with Crippen molar-refractivity contribution in [2.45, 2.75) is 58.8 Å². The lowest BCUT2D eigenvalue weighted by Gasteiger charge is -2.29. The first-order valence-electron chi connectivity index (χ1n) is 8.49. The number of carbonyl (C=O) groups is 1. The molecular formula is C18H28N2O. The molecule has 0 radical (unpaired) electrons. The highest BCUT2D eigenvalue weighted by Crippen LogP contribution is 2.37. The van der Waals surface area contributed by atoms with Gasteiger partial charge in [-0.05, 0) is 81.1 Å². The molecule has 0 atom stereocenters. The van der Waals surface area contributed by atoms with E-state index < -0.39 is 0 Å². The maximum atomic E-state index is 11.4. The Morgan fingerprint density at radius 2 is 2.05 bits per heavy atom. The minimum Gasteiger partial charge on any atom is -0.356 e. The van der Waals surface area contributed by atoms with Crippen molar-refractivity contribution >= 4 is 6.29 Å².